The van der Waals surface area contributed by atoms with E-state index in [4.69, 9.17) is 5.11 Å². The van der Waals surface area contributed by atoms with E-state index in [2.05, 4.69) is 5.32 Å². The molecule has 0 fully saturated rings. The van der Waals surface area contributed by atoms with Gasteiger partial charge in [-0.25, -0.2) is 4.79 Å². The Kier molecular flexibility index (Phi) is 3.23. The van der Waals surface area contributed by atoms with Crippen molar-refractivity contribution in [2.45, 2.75) is 13.3 Å². The lowest BCUT2D eigenvalue weighted by Gasteiger charge is -2.02. The molecule has 0 heterocycles. The average Bonchev–Trinajstić information content (AvgIpc) is 2.16. The minimum absolute atomic E-state index is 0.000890. The molecule has 0 aromatic heterocycles. The molecule has 0 radical (unpaired) electrons. The van der Waals surface area contributed by atoms with Gasteiger partial charge in [-0.2, -0.15) is 0 Å². The van der Waals surface area contributed by atoms with Gasteiger partial charge in [0.1, 0.15) is 0 Å². The third-order valence-corrected chi connectivity index (χ3v) is 1.76. The highest BCUT2D eigenvalue weighted by molar-refractivity contribution is 5.97. The second-order valence-electron chi connectivity index (χ2n) is 2.79. The Bertz CT molecular complexity index is 360. The van der Waals surface area contributed by atoms with Gasteiger partial charge in [0.05, 0.1) is 0 Å². The first-order chi connectivity index (χ1) is 6.63. The molecule has 4 heteroatoms. The lowest BCUT2D eigenvalue weighted by molar-refractivity contribution is 0.0988. The summed E-state index contributed by atoms with van der Waals surface area (Å²) in [4.78, 5) is 21.6. The van der Waals surface area contributed by atoms with E-state index in [-0.39, 0.29) is 5.78 Å². The monoisotopic (exact) mass is 193 g/mol. The summed E-state index contributed by atoms with van der Waals surface area (Å²) in [5.41, 5.74) is 0.940. The Labute approximate surface area is 81.6 Å². The van der Waals surface area contributed by atoms with Gasteiger partial charge >= 0.3 is 6.09 Å². The van der Waals surface area contributed by atoms with Crippen LogP contribution in [0.25, 0.3) is 0 Å². The van der Waals surface area contributed by atoms with Crippen molar-refractivity contribution in [3.05, 3.63) is 29.8 Å². The van der Waals surface area contributed by atoms with Crippen molar-refractivity contribution in [1.82, 2.24) is 0 Å². The van der Waals surface area contributed by atoms with Crippen molar-refractivity contribution >= 4 is 17.6 Å². The molecule has 2 N–H and O–H groups in total. The predicted molar refractivity (Wildman–Crippen MR) is 52.7 cm³/mol. The summed E-state index contributed by atoms with van der Waals surface area (Å²) in [5, 5.41) is 10.6. The molecular weight excluding hydrogens is 182 g/mol. The van der Waals surface area contributed by atoms with Gasteiger partial charge in [0.2, 0.25) is 0 Å². The molecule has 0 saturated carbocycles. The van der Waals surface area contributed by atoms with E-state index < -0.39 is 6.09 Å². The van der Waals surface area contributed by atoms with Crippen LogP contribution in [-0.2, 0) is 0 Å². The summed E-state index contributed by atoms with van der Waals surface area (Å²) in [5.74, 6) is -0.000890. The molecule has 14 heavy (non-hydrogen) atoms. The van der Waals surface area contributed by atoms with Crippen LogP contribution in [0.4, 0.5) is 10.5 Å². The SMILES string of the molecule is CCC(=O)c1cccc(NC(=O)O)c1. The van der Waals surface area contributed by atoms with Gasteiger partial charge in [0, 0.05) is 17.7 Å². The standard InChI is InChI=1S/C10H11NO3/c1-2-9(12)7-4-3-5-8(6-7)11-10(13)14/h3-6,11H,2H2,1H3,(H,13,14). The summed E-state index contributed by atoms with van der Waals surface area (Å²) in [6.07, 6.45) is -0.720. The zero-order chi connectivity index (χ0) is 10.6. The Balaban J connectivity index is 2.89. The van der Waals surface area contributed by atoms with E-state index in [1.165, 1.54) is 6.07 Å². The van der Waals surface area contributed by atoms with Crippen LogP contribution in [-0.4, -0.2) is 17.0 Å². The van der Waals surface area contributed by atoms with E-state index in [1.807, 2.05) is 0 Å². The van der Waals surface area contributed by atoms with Gasteiger partial charge in [-0.15, -0.1) is 0 Å². The summed E-state index contributed by atoms with van der Waals surface area (Å²) in [6.45, 7) is 1.76. The van der Waals surface area contributed by atoms with Crippen molar-refractivity contribution in [1.29, 1.82) is 0 Å². The average molecular weight is 193 g/mol. The molecule has 0 bridgehead atoms. The van der Waals surface area contributed by atoms with E-state index in [0.29, 0.717) is 17.7 Å². The van der Waals surface area contributed by atoms with Crippen LogP contribution in [0.1, 0.15) is 23.7 Å². The molecule has 0 aliphatic carbocycles. The van der Waals surface area contributed by atoms with Crippen LogP contribution in [0.5, 0.6) is 0 Å². The largest absolute Gasteiger partial charge is 0.465 e. The van der Waals surface area contributed by atoms with Crippen LogP contribution >= 0.6 is 0 Å². The van der Waals surface area contributed by atoms with E-state index in [0.717, 1.165) is 0 Å². The fourth-order valence-corrected chi connectivity index (χ4v) is 1.10. The molecule has 74 valence electrons. The van der Waals surface area contributed by atoms with Crippen molar-refractivity contribution in [2.75, 3.05) is 5.32 Å². The number of hydrogen-bond acceptors (Lipinski definition) is 2. The zero-order valence-electron chi connectivity index (χ0n) is 7.78. The molecule has 0 atom stereocenters. The second-order valence-corrected chi connectivity index (χ2v) is 2.79. The minimum atomic E-state index is -1.13. The van der Waals surface area contributed by atoms with Crippen molar-refractivity contribution in [3.8, 4) is 0 Å². The van der Waals surface area contributed by atoms with Gasteiger partial charge in [-0.1, -0.05) is 19.1 Å². The third kappa shape index (κ3) is 2.58. The molecule has 0 spiro atoms. The minimum Gasteiger partial charge on any atom is -0.465 e. The summed E-state index contributed by atoms with van der Waals surface area (Å²) in [7, 11) is 0. The highest BCUT2D eigenvalue weighted by Gasteiger charge is 2.04. The highest BCUT2D eigenvalue weighted by Crippen LogP contribution is 2.11. The second kappa shape index (κ2) is 4.41. The first-order valence-electron chi connectivity index (χ1n) is 4.26. The number of nitrogens with one attached hydrogen (secondary N) is 1. The molecule has 1 aromatic rings. The summed E-state index contributed by atoms with van der Waals surface area (Å²) < 4.78 is 0. The molecule has 1 rings (SSSR count). The van der Waals surface area contributed by atoms with Crippen LogP contribution in [0.3, 0.4) is 0 Å². The normalized spacial score (nSPS) is 9.50. The van der Waals surface area contributed by atoms with E-state index in [9.17, 15) is 9.59 Å². The molecule has 0 aliphatic rings. The molecule has 0 saturated heterocycles. The smallest absolute Gasteiger partial charge is 0.409 e. The number of Topliss-reactive ketones (excluding diaryl/α,β-unsaturated/α-hetero) is 1. The topological polar surface area (TPSA) is 66.4 Å². The van der Waals surface area contributed by atoms with Gasteiger partial charge in [-0.05, 0) is 12.1 Å². The molecular formula is C10H11NO3. The van der Waals surface area contributed by atoms with Crippen molar-refractivity contribution < 1.29 is 14.7 Å². The Morgan fingerprint density at radius 2 is 2.14 bits per heavy atom. The molecule has 0 unspecified atom stereocenters. The fourth-order valence-electron chi connectivity index (χ4n) is 1.10. The van der Waals surface area contributed by atoms with Gasteiger partial charge in [0.25, 0.3) is 0 Å². The van der Waals surface area contributed by atoms with Crippen LogP contribution < -0.4 is 5.32 Å². The van der Waals surface area contributed by atoms with Crippen molar-refractivity contribution in [2.24, 2.45) is 0 Å². The summed E-state index contributed by atoms with van der Waals surface area (Å²) >= 11 is 0. The Morgan fingerprint density at radius 3 is 2.71 bits per heavy atom. The first-order valence-corrected chi connectivity index (χ1v) is 4.26. The van der Waals surface area contributed by atoms with Crippen molar-refractivity contribution in [3.63, 3.8) is 0 Å². The lowest BCUT2D eigenvalue weighted by Crippen LogP contribution is -2.08. The highest BCUT2D eigenvalue weighted by atomic mass is 16.4. The number of benzene rings is 1. The maximum absolute atomic E-state index is 11.3. The maximum atomic E-state index is 11.3. The van der Waals surface area contributed by atoms with Crippen LogP contribution in [0.2, 0.25) is 0 Å². The van der Waals surface area contributed by atoms with Gasteiger partial charge < -0.3 is 5.11 Å². The number of ketones is 1. The number of amides is 1. The van der Waals surface area contributed by atoms with Crippen LogP contribution in [0, 0.1) is 0 Å². The zero-order valence-corrected chi connectivity index (χ0v) is 7.78. The fraction of sp³-hybridized carbons (Fsp3) is 0.200. The quantitative estimate of drug-likeness (QED) is 0.724. The maximum Gasteiger partial charge on any atom is 0.409 e. The van der Waals surface area contributed by atoms with Gasteiger partial charge in [-0.3, -0.25) is 10.1 Å². The molecule has 1 aromatic carbocycles. The predicted octanol–water partition coefficient (Wildman–Crippen LogP) is 2.37. The number of anilines is 1. The molecule has 4 nitrogen and oxygen atoms in total. The van der Waals surface area contributed by atoms with Gasteiger partial charge in [0.15, 0.2) is 5.78 Å². The number of carbonyl (C=O) groups is 2. The van der Waals surface area contributed by atoms with E-state index >= 15 is 0 Å². The Morgan fingerprint density at radius 1 is 1.43 bits per heavy atom. The lowest BCUT2D eigenvalue weighted by atomic mass is 10.1. The number of rotatable bonds is 3. The number of carboxylic acid groups (broad SMARTS) is 1. The number of hydrogen-bond donors (Lipinski definition) is 2. The Hall–Kier alpha value is -1.84. The third-order valence-electron chi connectivity index (χ3n) is 1.76. The number of carbonyl (C=O) groups excluding carboxylic acids is 1. The van der Waals surface area contributed by atoms with Crippen LogP contribution in [0.15, 0.2) is 24.3 Å². The first kappa shape index (κ1) is 10.2. The summed E-state index contributed by atoms with van der Waals surface area (Å²) in [6, 6.07) is 6.44. The molecule has 0 aliphatic heterocycles. The molecule has 1 amide bonds. The van der Waals surface area contributed by atoms with E-state index in [1.54, 1.807) is 25.1 Å².